The lowest BCUT2D eigenvalue weighted by Gasteiger charge is -2.10. The lowest BCUT2D eigenvalue weighted by molar-refractivity contribution is 0.0812. The van der Waals surface area contributed by atoms with Gasteiger partial charge in [0, 0.05) is 12.4 Å². The van der Waals surface area contributed by atoms with Crippen molar-refractivity contribution >= 4 is 33.2 Å². The predicted molar refractivity (Wildman–Crippen MR) is 55.6 cm³/mol. The SMILES string of the molecule is C#CCN(C)C(=O)c1nc(Br)cs1. The van der Waals surface area contributed by atoms with Gasteiger partial charge < -0.3 is 4.90 Å². The van der Waals surface area contributed by atoms with E-state index in [0.717, 1.165) is 0 Å². The molecule has 1 aromatic rings. The Morgan fingerprint density at radius 3 is 3.08 bits per heavy atom. The van der Waals surface area contributed by atoms with Gasteiger partial charge in [0.2, 0.25) is 0 Å². The van der Waals surface area contributed by atoms with E-state index in [1.165, 1.54) is 16.2 Å². The van der Waals surface area contributed by atoms with E-state index >= 15 is 0 Å². The van der Waals surface area contributed by atoms with Crippen molar-refractivity contribution in [2.24, 2.45) is 0 Å². The van der Waals surface area contributed by atoms with Gasteiger partial charge in [0.05, 0.1) is 6.54 Å². The number of hydrogen-bond acceptors (Lipinski definition) is 3. The number of nitrogens with zero attached hydrogens (tertiary/aromatic N) is 2. The number of rotatable bonds is 2. The molecule has 0 spiro atoms. The largest absolute Gasteiger partial charge is 0.329 e. The molecular weight excluding hydrogens is 252 g/mol. The van der Waals surface area contributed by atoms with Crippen molar-refractivity contribution in [3.8, 4) is 12.3 Å². The highest BCUT2D eigenvalue weighted by Crippen LogP contribution is 2.15. The van der Waals surface area contributed by atoms with Crippen molar-refractivity contribution in [1.29, 1.82) is 0 Å². The second-order valence-corrected chi connectivity index (χ2v) is 4.01. The molecule has 0 aromatic carbocycles. The first kappa shape index (κ1) is 10.2. The summed E-state index contributed by atoms with van der Waals surface area (Å²) in [5, 5.41) is 2.21. The lowest BCUT2D eigenvalue weighted by atomic mass is 10.5. The monoisotopic (exact) mass is 258 g/mol. The van der Waals surface area contributed by atoms with Gasteiger partial charge in [-0.15, -0.1) is 17.8 Å². The summed E-state index contributed by atoms with van der Waals surface area (Å²) in [5.74, 6) is 2.25. The summed E-state index contributed by atoms with van der Waals surface area (Å²) in [6.07, 6.45) is 5.08. The van der Waals surface area contributed by atoms with Crippen molar-refractivity contribution in [2.75, 3.05) is 13.6 Å². The Labute approximate surface area is 88.9 Å². The van der Waals surface area contributed by atoms with Crippen molar-refractivity contribution < 1.29 is 4.79 Å². The average Bonchev–Trinajstić information content (AvgIpc) is 2.51. The van der Waals surface area contributed by atoms with Crippen LogP contribution >= 0.6 is 27.3 Å². The van der Waals surface area contributed by atoms with Crippen LogP contribution in [-0.4, -0.2) is 29.4 Å². The van der Waals surface area contributed by atoms with Crippen LogP contribution in [0, 0.1) is 12.3 Å². The van der Waals surface area contributed by atoms with Crippen molar-refractivity contribution in [2.45, 2.75) is 0 Å². The topological polar surface area (TPSA) is 33.2 Å². The Kier molecular flexibility index (Phi) is 3.46. The molecule has 1 rings (SSSR count). The van der Waals surface area contributed by atoms with Gasteiger partial charge in [-0.05, 0) is 15.9 Å². The molecule has 0 saturated carbocycles. The smallest absolute Gasteiger partial charge is 0.283 e. The minimum Gasteiger partial charge on any atom is -0.329 e. The summed E-state index contributed by atoms with van der Waals surface area (Å²) < 4.78 is 0.676. The molecule has 0 radical (unpaired) electrons. The molecule has 1 amide bonds. The fourth-order valence-electron chi connectivity index (χ4n) is 0.724. The summed E-state index contributed by atoms with van der Waals surface area (Å²) in [6, 6.07) is 0. The molecule has 1 heterocycles. The van der Waals surface area contributed by atoms with Crippen LogP contribution in [-0.2, 0) is 0 Å². The molecule has 5 heteroatoms. The number of carbonyl (C=O) groups excluding carboxylic acids is 1. The number of amides is 1. The van der Waals surface area contributed by atoms with Crippen LogP contribution in [0.25, 0.3) is 0 Å². The van der Waals surface area contributed by atoms with Gasteiger partial charge in [-0.25, -0.2) is 4.98 Å². The second kappa shape index (κ2) is 4.40. The number of aromatic nitrogens is 1. The van der Waals surface area contributed by atoms with E-state index in [1.54, 1.807) is 12.4 Å². The Morgan fingerprint density at radius 2 is 2.62 bits per heavy atom. The third-order valence-corrected chi connectivity index (χ3v) is 2.87. The van der Waals surface area contributed by atoms with Gasteiger partial charge in [-0.1, -0.05) is 5.92 Å². The number of halogens is 1. The first-order chi connectivity index (χ1) is 6.15. The summed E-state index contributed by atoms with van der Waals surface area (Å²) >= 11 is 4.47. The Bertz CT molecular complexity index is 355. The van der Waals surface area contributed by atoms with Crippen molar-refractivity contribution in [1.82, 2.24) is 9.88 Å². The van der Waals surface area contributed by atoms with E-state index in [0.29, 0.717) is 16.2 Å². The first-order valence-corrected chi connectivity index (χ1v) is 5.12. The van der Waals surface area contributed by atoms with Crippen LogP contribution in [0.5, 0.6) is 0 Å². The van der Waals surface area contributed by atoms with Crippen LogP contribution in [0.2, 0.25) is 0 Å². The van der Waals surface area contributed by atoms with Gasteiger partial charge >= 0.3 is 0 Å². The number of carbonyl (C=O) groups is 1. The van der Waals surface area contributed by atoms with Crippen LogP contribution in [0.3, 0.4) is 0 Å². The molecular formula is C8H7BrN2OS. The van der Waals surface area contributed by atoms with Crippen LogP contribution in [0.15, 0.2) is 9.98 Å². The van der Waals surface area contributed by atoms with E-state index in [9.17, 15) is 4.79 Å². The maximum absolute atomic E-state index is 11.5. The molecule has 0 saturated heterocycles. The molecule has 68 valence electrons. The van der Waals surface area contributed by atoms with Crippen LogP contribution in [0.1, 0.15) is 9.80 Å². The standard InChI is InChI=1S/C8H7BrN2OS/c1-3-4-11(2)8(12)7-10-6(9)5-13-7/h1,5H,4H2,2H3. The summed E-state index contributed by atoms with van der Waals surface area (Å²) in [7, 11) is 1.65. The molecule has 0 aliphatic rings. The molecule has 0 atom stereocenters. The van der Waals surface area contributed by atoms with Gasteiger partial charge in [0.15, 0.2) is 5.01 Å². The predicted octanol–water partition coefficient (Wildman–Crippen LogP) is 1.61. The number of hydrogen-bond donors (Lipinski definition) is 0. The van der Waals surface area contributed by atoms with Crippen LogP contribution < -0.4 is 0 Å². The summed E-state index contributed by atoms with van der Waals surface area (Å²) in [6.45, 7) is 0.302. The van der Waals surface area contributed by atoms with Crippen molar-refractivity contribution in [3.05, 3.63) is 15.0 Å². The van der Waals surface area contributed by atoms with E-state index in [1.807, 2.05) is 0 Å². The molecule has 3 nitrogen and oxygen atoms in total. The van der Waals surface area contributed by atoms with E-state index in [4.69, 9.17) is 6.42 Å². The first-order valence-electron chi connectivity index (χ1n) is 3.45. The zero-order valence-electron chi connectivity index (χ0n) is 6.95. The molecule has 0 aliphatic carbocycles. The zero-order chi connectivity index (χ0) is 9.84. The molecule has 0 bridgehead atoms. The van der Waals surface area contributed by atoms with Gasteiger partial charge in [-0.3, -0.25) is 4.79 Å². The minimum absolute atomic E-state index is 0.145. The third-order valence-electron chi connectivity index (χ3n) is 1.33. The Morgan fingerprint density at radius 1 is 1.92 bits per heavy atom. The Balaban J connectivity index is 2.74. The third kappa shape index (κ3) is 2.54. The average molecular weight is 259 g/mol. The summed E-state index contributed by atoms with van der Waals surface area (Å²) in [4.78, 5) is 16.9. The highest BCUT2D eigenvalue weighted by atomic mass is 79.9. The molecule has 0 fully saturated rings. The normalized spacial score (nSPS) is 9.31. The van der Waals surface area contributed by atoms with E-state index < -0.39 is 0 Å². The fraction of sp³-hybridized carbons (Fsp3) is 0.250. The number of thiazole rings is 1. The molecule has 0 N–H and O–H groups in total. The van der Waals surface area contributed by atoms with Gasteiger partial charge in [0.25, 0.3) is 5.91 Å². The van der Waals surface area contributed by atoms with Crippen molar-refractivity contribution in [3.63, 3.8) is 0 Å². The maximum Gasteiger partial charge on any atom is 0.283 e. The molecule has 0 aliphatic heterocycles. The van der Waals surface area contributed by atoms with E-state index in [2.05, 4.69) is 26.8 Å². The Hall–Kier alpha value is -0.860. The molecule has 0 unspecified atom stereocenters. The quantitative estimate of drug-likeness (QED) is 0.756. The molecule has 1 aromatic heterocycles. The zero-order valence-corrected chi connectivity index (χ0v) is 9.35. The summed E-state index contributed by atoms with van der Waals surface area (Å²) in [5.41, 5.74) is 0. The van der Waals surface area contributed by atoms with Gasteiger partial charge in [0.1, 0.15) is 4.60 Å². The maximum atomic E-state index is 11.5. The lowest BCUT2D eigenvalue weighted by Crippen LogP contribution is -2.26. The number of terminal acetylenes is 1. The minimum atomic E-state index is -0.145. The highest BCUT2D eigenvalue weighted by Gasteiger charge is 2.13. The van der Waals surface area contributed by atoms with E-state index in [-0.39, 0.29) is 5.91 Å². The van der Waals surface area contributed by atoms with Gasteiger partial charge in [-0.2, -0.15) is 0 Å². The second-order valence-electron chi connectivity index (χ2n) is 2.34. The highest BCUT2D eigenvalue weighted by molar-refractivity contribution is 9.10. The van der Waals surface area contributed by atoms with Crippen LogP contribution in [0.4, 0.5) is 0 Å². The molecule has 13 heavy (non-hydrogen) atoms. The fourth-order valence-corrected chi connectivity index (χ4v) is 1.97.